The largest absolute Gasteiger partial charge is 0.465 e. The Labute approximate surface area is 89.4 Å². The van der Waals surface area contributed by atoms with Crippen molar-refractivity contribution >= 4 is 11.7 Å². The predicted octanol–water partition coefficient (Wildman–Crippen LogP) is 2.14. The van der Waals surface area contributed by atoms with Gasteiger partial charge < -0.3 is 10.1 Å². The normalized spacial score (nSPS) is 14.0. The number of nitrogens with one attached hydrogen (secondary N) is 1. The summed E-state index contributed by atoms with van der Waals surface area (Å²) < 4.78 is 4.74. The minimum Gasteiger partial charge on any atom is -0.465 e. The molecular weight excluding hydrogens is 190 g/mol. The molecule has 0 fully saturated rings. The molecule has 80 valence electrons. The lowest BCUT2D eigenvalue weighted by Gasteiger charge is -2.19. The summed E-state index contributed by atoms with van der Waals surface area (Å²) in [5, 5.41) is 3.30. The third-order valence-corrected chi connectivity index (χ3v) is 2.79. The van der Waals surface area contributed by atoms with E-state index in [1.54, 1.807) is 0 Å². The van der Waals surface area contributed by atoms with E-state index in [0.717, 1.165) is 30.6 Å². The van der Waals surface area contributed by atoms with Crippen LogP contribution in [0.15, 0.2) is 12.1 Å². The van der Waals surface area contributed by atoms with Crippen LogP contribution < -0.4 is 5.32 Å². The van der Waals surface area contributed by atoms with Gasteiger partial charge in [-0.2, -0.15) is 0 Å². The number of fused-ring (bicyclic) bond motifs is 1. The maximum atomic E-state index is 11.5. The molecule has 15 heavy (non-hydrogen) atoms. The van der Waals surface area contributed by atoms with E-state index in [-0.39, 0.29) is 5.97 Å². The molecule has 0 saturated heterocycles. The second kappa shape index (κ2) is 3.93. The number of carbonyl (C=O) groups excluding carboxylic acids is 1. The van der Waals surface area contributed by atoms with Gasteiger partial charge in [0, 0.05) is 12.2 Å². The Kier molecular flexibility index (Phi) is 2.62. The van der Waals surface area contributed by atoms with Crippen molar-refractivity contribution in [3.63, 3.8) is 0 Å². The number of hydrogen-bond acceptors (Lipinski definition) is 3. The Balaban J connectivity index is 2.44. The highest BCUT2D eigenvalue weighted by Crippen LogP contribution is 2.26. The average Bonchev–Trinajstić information content (AvgIpc) is 2.27. The molecule has 1 aliphatic heterocycles. The molecule has 1 N–H and O–H groups in total. The van der Waals surface area contributed by atoms with E-state index in [9.17, 15) is 4.79 Å². The molecule has 1 aliphatic rings. The summed E-state index contributed by atoms with van der Waals surface area (Å²) in [4.78, 5) is 11.5. The first-order valence-corrected chi connectivity index (χ1v) is 5.18. The summed E-state index contributed by atoms with van der Waals surface area (Å²) in [7, 11) is 1.41. The van der Waals surface area contributed by atoms with E-state index in [4.69, 9.17) is 4.74 Å². The molecule has 0 spiro atoms. The average molecular weight is 205 g/mol. The fourth-order valence-corrected chi connectivity index (χ4v) is 1.97. The van der Waals surface area contributed by atoms with Crippen LogP contribution in [0.4, 0.5) is 5.69 Å². The Morgan fingerprint density at radius 1 is 1.47 bits per heavy atom. The van der Waals surface area contributed by atoms with E-state index in [0.29, 0.717) is 5.56 Å². The van der Waals surface area contributed by atoms with Gasteiger partial charge in [0.15, 0.2) is 0 Å². The summed E-state index contributed by atoms with van der Waals surface area (Å²) in [6, 6.07) is 3.98. The van der Waals surface area contributed by atoms with Crippen LogP contribution >= 0.6 is 0 Å². The second-order valence-corrected chi connectivity index (χ2v) is 3.85. The van der Waals surface area contributed by atoms with Crippen molar-refractivity contribution in [3.8, 4) is 0 Å². The van der Waals surface area contributed by atoms with Crippen LogP contribution in [-0.2, 0) is 11.2 Å². The summed E-state index contributed by atoms with van der Waals surface area (Å²) >= 11 is 0. The van der Waals surface area contributed by atoms with Gasteiger partial charge in [-0.3, -0.25) is 0 Å². The summed E-state index contributed by atoms with van der Waals surface area (Å²) in [5.41, 5.74) is 4.02. The van der Waals surface area contributed by atoms with Gasteiger partial charge in [-0.25, -0.2) is 4.79 Å². The molecule has 1 aromatic rings. The molecule has 1 heterocycles. The maximum Gasteiger partial charge on any atom is 0.338 e. The van der Waals surface area contributed by atoms with Gasteiger partial charge in [-0.1, -0.05) is 6.07 Å². The molecular formula is C12H15NO2. The van der Waals surface area contributed by atoms with Crippen LogP contribution in [0.3, 0.4) is 0 Å². The van der Waals surface area contributed by atoms with Crippen molar-refractivity contribution in [2.75, 3.05) is 19.0 Å². The quantitative estimate of drug-likeness (QED) is 0.714. The van der Waals surface area contributed by atoms with E-state index in [2.05, 4.69) is 11.4 Å². The van der Waals surface area contributed by atoms with Gasteiger partial charge in [0.1, 0.15) is 0 Å². The van der Waals surface area contributed by atoms with Crippen molar-refractivity contribution in [2.45, 2.75) is 19.8 Å². The maximum absolute atomic E-state index is 11.5. The molecule has 0 aliphatic carbocycles. The zero-order valence-corrected chi connectivity index (χ0v) is 9.09. The number of anilines is 1. The SMILES string of the molecule is COC(=O)c1cc2c(cc1C)CCCN2. The molecule has 0 aromatic heterocycles. The molecule has 0 bridgehead atoms. The van der Waals surface area contributed by atoms with Gasteiger partial charge in [0.25, 0.3) is 0 Å². The van der Waals surface area contributed by atoms with Gasteiger partial charge in [0.05, 0.1) is 12.7 Å². The van der Waals surface area contributed by atoms with Crippen LogP contribution in [0, 0.1) is 6.92 Å². The van der Waals surface area contributed by atoms with Crippen molar-refractivity contribution < 1.29 is 9.53 Å². The molecule has 0 unspecified atom stereocenters. The standard InChI is InChI=1S/C12H15NO2/c1-8-6-9-4-3-5-13-11(9)7-10(8)12(14)15-2/h6-7,13H,3-5H2,1-2H3. The number of carbonyl (C=O) groups is 1. The Morgan fingerprint density at radius 2 is 2.27 bits per heavy atom. The number of methoxy groups -OCH3 is 1. The highest BCUT2D eigenvalue weighted by Gasteiger charge is 2.15. The summed E-state index contributed by atoms with van der Waals surface area (Å²) in [6.45, 7) is 2.93. The summed E-state index contributed by atoms with van der Waals surface area (Å²) in [6.07, 6.45) is 2.24. The van der Waals surface area contributed by atoms with Crippen molar-refractivity contribution in [2.24, 2.45) is 0 Å². The van der Waals surface area contributed by atoms with E-state index in [1.807, 2.05) is 13.0 Å². The van der Waals surface area contributed by atoms with Crippen LogP contribution in [0.5, 0.6) is 0 Å². The van der Waals surface area contributed by atoms with Crippen LogP contribution in [0.1, 0.15) is 27.9 Å². The first-order chi connectivity index (χ1) is 7.22. The third-order valence-electron chi connectivity index (χ3n) is 2.79. The smallest absolute Gasteiger partial charge is 0.338 e. The molecule has 3 nitrogen and oxygen atoms in total. The van der Waals surface area contributed by atoms with E-state index in [1.165, 1.54) is 12.7 Å². The zero-order chi connectivity index (χ0) is 10.8. The monoisotopic (exact) mass is 205 g/mol. The van der Waals surface area contributed by atoms with Gasteiger partial charge >= 0.3 is 5.97 Å². The number of ether oxygens (including phenoxy) is 1. The highest BCUT2D eigenvalue weighted by atomic mass is 16.5. The first-order valence-electron chi connectivity index (χ1n) is 5.18. The molecule has 2 rings (SSSR count). The molecule has 1 aromatic carbocycles. The number of esters is 1. The molecule has 0 amide bonds. The fraction of sp³-hybridized carbons (Fsp3) is 0.417. The van der Waals surface area contributed by atoms with Crippen LogP contribution in [0.2, 0.25) is 0 Å². The number of rotatable bonds is 1. The van der Waals surface area contributed by atoms with E-state index < -0.39 is 0 Å². The Morgan fingerprint density at radius 3 is 3.00 bits per heavy atom. The lowest BCUT2D eigenvalue weighted by molar-refractivity contribution is 0.0600. The first kappa shape index (κ1) is 10.0. The lowest BCUT2D eigenvalue weighted by atomic mass is 9.97. The van der Waals surface area contributed by atoms with Crippen molar-refractivity contribution in [1.82, 2.24) is 0 Å². The number of aryl methyl sites for hydroxylation is 2. The molecule has 0 atom stereocenters. The molecule has 0 radical (unpaired) electrons. The topological polar surface area (TPSA) is 38.3 Å². The van der Waals surface area contributed by atoms with Crippen LogP contribution in [0.25, 0.3) is 0 Å². The van der Waals surface area contributed by atoms with Gasteiger partial charge in [-0.05, 0) is 37.0 Å². The zero-order valence-electron chi connectivity index (χ0n) is 9.09. The van der Waals surface area contributed by atoms with Gasteiger partial charge in [0.2, 0.25) is 0 Å². The fourth-order valence-electron chi connectivity index (χ4n) is 1.97. The summed E-state index contributed by atoms with van der Waals surface area (Å²) in [5.74, 6) is -0.261. The minimum atomic E-state index is -0.261. The molecule has 3 heteroatoms. The van der Waals surface area contributed by atoms with Gasteiger partial charge in [-0.15, -0.1) is 0 Å². The van der Waals surface area contributed by atoms with Crippen molar-refractivity contribution in [1.29, 1.82) is 0 Å². The Hall–Kier alpha value is -1.51. The third kappa shape index (κ3) is 1.82. The van der Waals surface area contributed by atoms with E-state index >= 15 is 0 Å². The highest BCUT2D eigenvalue weighted by molar-refractivity contribution is 5.92. The minimum absolute atomic E-state index is 0.261. The number of hydrogen-bond donors (Lipinski definition) is 1. The number of benzene rings is 1. The lowest BCUT2D eigenvalue weighted by Crippen LogP contribution is -2.14. The second-order valence-electron chi connectivity index (χ2n) is 3.85. The predicted molar refractivity (Wildman–Crippen MR) is 59.3 cm³/mol. The van der Waals surface area contributed by atoms with Crippen LogP contribution in [-0.4, -0.2) is 19.6 Å². The Bertz CT molecular complexity index is 399. The van der Waals surface area contributed by atoms with Crippen molar-refractivity contribution in [3.05, 3.63) is 28.8 Å². The molecule has 0 saturated carbocycles.